The lowest BCUT2D eigenvalue weighted by Gasteiger charge is -2.26. The van der Waals surface area contributed by atoms with E-state index < -0.39 is 0 Å². The molecule has 2 N–H and O–H groups in total. The van der Waals surface area contributed by atoms with Gasteiger partial charge in [-0.1, -0.05) is 6.07 Å². The van der Waals surface area contributed by atoms with Gasteiger partial charge in [0.1, 0.15) is 0 Å². The minimum Gasteiger partial charge on any atom is -0.385 e. The van der Waals surface area contributed by atoms with Gasteiger partial charge in [0.15, 0.2) is 0 Å². The fourth-order valence-corrected chi connectivity index (χ4v) is 2.66. The molecule has 1 rings (SSSR count). The number of benzene rings is 1. The molecule has 1 atom stereocenters. The van der Waals surface area contributed by atoms with Crippen LogP contribution in [0.15, 0.2) is 22.7 Å². The second-order valence-corrected chi connectivity index (χ2v) is 5.68. The van der Waals surface area contributed by atoms with E-state index in [4.69, 9.17) is 15.2 Å². The van der Waals surface area contributed by atoms with Gasteiger partial charge in [-0.2, -0.15) is 0 Å². The molecule has 0 spiro atoms. The summed E-state index contributed by atoms with van der Waals surface area (Å²) in [6, 6.07) is 6.34. The van der Waals surface area contributed by atoms with Crippen molar-refractivity contribution in [2.75, 3.05) is 45.4 Å². The van der Waals surface area contributed by atoms with Crippen molar-refractivity contribution in [2.24, 2.45) is 5.73 Å². The fraction of sp³-hybridized carbons (Fsp3) is 0.600. The molecule has 5 heteroatoms. The Morgan fingerprint density at radius 3 is 2.45 bits per heavy atom. The molecule has 0 radical (unpaired) electrons. The molecule has 1 aromatic carbocycles. The number of nitrogens with two attached hydrogens (primary N) is 1. The Kier molecular flexibility index (Phi) is 8.14. The molecule has 1 aromatic rings. The van der Waals surface area contributed by atoms with E-state index in [1.54, 1.807) is 14.2 Å². The summed E-state index contributed by atoms with van der Waals surface area (Å²) in [5.74, 6) is 0. The van der Waals surface area contributed by atoms with Gasteiger partial charge < -0.3 is 20.1 Å². The van der Waals surface area contributed by atoms with E-state index in [0.717, 1.165) is 36.2 Å². The summed E-state index contributed by atoms with van der Waals surface area (Å²) in [4.78, 5) is 2.30. The van der Waals surface area contributed by atoms with Crippen molar-refractivity contribution < 1.29 is 9.47 Å². The molecule has 0 saturated carbocycles. The molecule has 0 unspecified atom stereocenters. The van der Waals surface area contributed by atoms with Crippen LogP contribution in [0.1, 0.15) is 24.9 Å². The van der Waals surface area contributed by atoms with Gasteiger partial charge in [-0.05, 0) is 47.0 Å². The lowest BCUT2D eigenvalue weighted by molar-refractivity contribution is 0.191. The Balaban J connectivity index is 2.82. The third kappa shape index (κ3) is 5.40. The van der Waals surface area contributed by atoms with Gasteiger partial charge in [-0.15, -0.1) is 0 Å². The zero-order valence-electron chi connectivity index (χ0n) is 12.6. The molecule has 4 nitrogen and oxygen atoms in total. The summed E-state index contributed by atoms with van der Waals surface area (Å²) >= 11 is 3.65. The quantitative estimate of drug-likeness (QED) is 0.699. The van der Waals surface area contributed by atoms with E-state index in [9.17, 15) is 0 Å². The third-order valence-corrected chi connectivity index (χ3v) is 3.82. The summed E-state index contributed by atoms with van der Waals surface area (Å²) < 4.78 is 11.4. The minimum absolute atomic E-state index is 0.0428. The Hall–Kier alpha value is -0.620. The maximum absolute atomic E-state index is 5.92. The van der Waals surface area contributed by atoms with Gasteiger partial charge in [0.25, 0.3) is 0 Å². The fourth-order valence-electron chi connectivity index (χ4n) is 2.02. The van der Waals surface area contributed by atoms with E-state index in [-0.39, 0.29) is 6.04 Å². The summed E-state index contributed by atoms with van der Waals surface area (Å²) in [5.41, 5.74) is 8.21. The van der Waals surface area contributed by atoms with Crippen LogP contribution in [0.5, 0.6) is 0 Å². The van der Waals surface area contributed by atoms with Crippen LogP contribution in [-0.4, -0.2) is 40.5 Å². The zero-order valence-corrected chi connectivity index (χ0v) is 14.1. The van der Waals surface area contributed by atoms with Crippen molar-refractivity contribution in [3.8, 4) is 0 Å². The lowest BCUT2D eigenvalue weighted by Crippen LogP contribution is -2.29. The maximum atomic E-state index is 5.92. The summed E-state index contributed by atoms with van der Waals surface area (Å²) in [5, 5.41) is 0. The first-order valence-electron chi connectivity index (χ1n) is 6.88. The highest BCUT2D eigenvalue weighted by Crippen LogP contribution is 2.29. The standard InChI is InChI=1S/C15H25BrN2O2/c1-12(17)13-5-6-15(14(16)11-13)18(8-10-20-3)7-4-9-19-2/h5-6,11-12H,4,7-10,17H2,1-3H3/t12-/m0/s1. The SMILES string of the molecule is COCCCN(CCOC)c1ccc([C@H](C)N)cc1Br. The Morgan fingerprint density at radius 1 is 1.20 bits per heavy atom. The van der Waals surface area contributed by atoms with Crippen molar-refractivity contribution in [1.29, 1.82) is 0 Å². The van der Waals surface area contributed by atoms with Crippen molar-refractivity contribution >= 4 is 21.6 Å². The van der Waals surface area contributed by atoms with Crippen LogP contribution in [0.25, 0.3) is 0 Å². The van der Waals surface area contributed by atoms with Gasteiger partial charge in [0.2, 0.25) is 0 Å². The number of rotatable bonds is 9. The number of halogens is 1. The summed E-state index contributed by atoms with van der Waals surface area (Å²) in [7, 11) is 3.45. The average molecular weight is 345 g/mol. The minimum atomic E-state index is 0.0428. The summed E-state index contributed by atoms with van der Waals surface area (Å²) in [6.45, 7) is 5.25. The first-order chi connectivity index (χ1) is 9.60. The number of methoxy groups -OCH3 is 2. The lowest BCUT2D eigenvalue weighted by atomic mass is 10.1. The molecule has 0 bridgehead atoms. The van der Waals surface area contributed by atoms with E-state index in [1.807, 2.05) is 6.92 Å². The first-order valence-corrected chi connectivity index (χ1v) is 7.67. The van der Waals surface area contributed by atoms with Crippen molar-refractivity contribution in [3.63, 3.8) is 0 Å². The molecule has 0 amide bonds. The smallest absolute Gasteiger partial charge is 0.0637 e. The highest BCUT2D eigenvalue weighted by atomic mass is 79.9. The molecule has 0 aliphatic heterocycles. The van der Waals surface area contributed by atoms with Gasteiger partial charge in [-0.25, -0.2) is 0 Å². The molecular formula is C15H25BrN2O2. The van der Waals surface area contributed by atoms with Gasteiger partial charge in [-0.3, -0.25) is 0 Å². The third-order valence-electron chi connectivity index (χ3n) is 3.18. The monoisotopic (exact) mass is 344 g/mol. The Morgan fingerprint density at radius 2 is 1.90 bits per heavy atom. The van der Waals surface area contributed by atoms with Crippen LogP contribution in [0.4, 0.5) is 5.69 Å². The van der Waals surface area contributed by atoms with Crippen molar-refractivity contribution in [1.82, 2.24) is 0 Å². The van der Waals surface area contributed by atoms with E-state index in [0.29, 0.717) is 6.61 Å². The van der Waals surface area contributed by atoms with E-state index >= 15 is 0 Å². The Bertz CT molecular complexity index is 399. The predicted molar refractivity (Wildman–Crippen MR) is 87.3 cm³/mol. The Labute approximate surface area is 130 Å². The highest BCUT2D eigenvalue weighted by molar-refractivity contribution is 9.10. The molecule has 20 heavy (non-hydrogen) atoms. The first kappa shape index (κ1) is 17.4. The molecule has 0 fully saturated rings. The van der Waals surface area contributed by atoms with E-state index in [2.05, 4.69) is 39.0 Å². The molecule has 0 aromatic heterocycles. The van der Waals surface area contributed by atoms with Crippen LogP contribution in [0.2, 0.25) is 0 Å². The van der Waals surface area contributed by atoms with Gasteiger partial charge in [0.05, 0.1) is 12.3 Å². The number of anilines is 1. The maximum Gasteiger partial charge on any atom is 0.0637 e. The molecule has 114 valence electrons. The molecular weight excluding hydrogens is 320 g/mol. The number of hydrogen-bond donors (Lipinski definition) is 1. The van der Waals surface area contributed by atoms with Crippen molar-refractivity contribution in [2.45, 2.75) is 19.4 Å². The highest BCUT2D eigenvalue weighted by Gasteiger charge is 2.11. The van der Waals surface area contributed by atoms with Crippen molar-refractivity contribution in [3.05, 3.63) is 28.2 Å². The van der Waals surface area contributed by atoms with Gasteiger partial charge in [0, 0.05) is 44.4 Å². The second kappa shape index (κ2) is 9.34. The average Bonchev–Trinajstić information content (AvgIpc) is 2.43. The van der Waals surface area contributed by atoms with Crippen LogP contribution in [0.3, 0.4) is 0 Å². The van der Waals surface area contributed by atoms with E-state index in [1.165, 1.54) is 5.69 Å². The summed E-state index contributed by atoms with van der Waals surface area (Å²) in [6.07, 6.45) is 0.988. The van der Waals surface area contributed by atoms with Crippen LogP contribution in [-0.2, 0) is 9.47 Å². The largest absolute Gasteiger partial charge is 0.385 e. The second-order valence-electron chi connectivity index (χ2n) is 4.83. The predicted octanol–water partition coefficient (Wildman–Crippen LogP) is 2.96. The number of ether oxygens (including phenoxy) is 2. The number of hydrogen-bond acceptors (Lipinski definition) is 4. The van der Waals surface area contributed by atoms with Crippen LogP contribution in [0, 0.1) is 0 Å². The molecule has 0 aliphatic rings. The molecule has 0 saturated heterocycles. The number of nitrogens with zero attached hydrogens (tertiary/aromatic N) is 1. The normalized spacial score (nSPS) is 12.4. The van der Waals surface area contributed by atoms with Crippen LogP contribution < -0.4 is 10.6 Å². The van der Waals surface area contributed by atoms with Gasteiger partial charge >= 0.3 is 0 Å². The topological polar surface area (TPSA) is 47.7 Å². The van der Waals surface area contributed by atoms with Crippen LogP contribution >= 0.6 is 15.9 Å². The molecule has 0 aliphatic carbocycles. The molecule has 0 heterocycles. The zero-order chi connectivity index (χ0) is 15.0.